The summed E-state index contributed by atoms with van der Waals surface area (Å²) in [6.45, 7) is 1.36. The van der Waals surface area contributed by atoms with E-state index in [1.54, 1.807) is 5.32 Å². The third-order valence-corrected chi connectivity index (χ3v) is 3.39. The fraction of sp³-hybridized carbons (Fsp3) is 0.571. The van der Waals surface area contributed by atoms with Crippen molar-refractivity contribution in [3.05, 3.63) is 34.9 Å². The Morgan fingerprint density at radius 3 is 1.91 bits per heavy atom. The fourth-order valence-corrected chi connectivity index (χ4v) is 2.17. The first-order chi connectivity index (χ1) is 10.5. The van der Waals surface area contributed by atoms with E-state index in [2.05, 4.69) is 11.5 Å². The second-order valence-electron chi connectivity index (χ2n) is 5.50. The molecule has 0 radical (unpaired) electrons. The van der Waals surface area contributed by atoms with Gasteiger partial charge in [-0.25, -0.2) is 0 Å². The van der Waals surface area contributed by atoms with Crippen LogP contribution in [-0.4, -0.2) is 19.1 Å². The number of quaternary nitrogens is 3. The van der Waals surface area contributed by atoms with Crippen molar-refractivity contribution in [2.24, 2.45) is 0 Å². The maximum absolute atomic E-state index is 12.7. The number of halogens is 6. The summed E-state index contributed by atoms with van der Waals surface area (Å²) in [4.78, 5) is 0. The molecule has 3 nitrogen and oxygen atoms in total. The molecule has 8 N–H and O–H groups in total. The maximum Gasteiger partial charge on any atom is 0.416 e. The van der Waals surface area contributed by atoms with Crippen molar-refractivity contribution in [2.45, 2.75) is 37.8 Å². The number of hydrogen-bond acceptors (Lipinski definition) is 0. The van der Waals surface area contributed by atoms with E-state index >= 15 is 0 Å². The van der Waals surface area contributed by atoms with E-state index in [0.29, 0.717) is 6.54 Å². The van der Waals surface area contributed by atoms with Crippen molar-refractivity contribution >= 4 is 0 Å². The highest BCUT2D eigenvalue weighted by molar-refractivity contribution is 5.33. The number of rotatable bonds is 7. The van der Waals surface area contributed by atoms with Gasteiger partial charge in [-0.3, -0.25) is 0 Å². The average Bonchev–Trinajstić information content (AvgIpc) is 2.43. The van der Waals surface area contributed by atoms with E-state index in [1.165, 1.54) is 0 Å². The average molecular weight is 346 g/mol. The molecule has 0 spiro atoms. The second-order valence-corrected chi connectivity index (χ2v) is 5.50. The van der Waals surface area contributed by atoms with Gasteiger partial charge in [-0.1, -0.05) is 0 Å². The van der Waals surface area contributed by atoms with E-state index in [9.17, 15) is 26.3 Å². The van der Waals surface area contributed by atoms with Crippen LogP contribution in [0.2, 0.25) is 0 Å². The summed E-state index contributed by atoms with van der Waals surface area (Å²) in [6, 6.07) is 1.76. The molecule has 0 aliphatic rings. The van der Waals surface area contributed by atoms with Gasteiger partial charge < -0.3 is 16.8 Å². The molecule has 23 heavy (non-hydrogen) atoms. The molecule has 1 atom stereocenters. The summed E-state index contributed by atoms with van der Waals surface area (Å²) in [6.07, 6.45) is -7.89. The van der Waals surface area contributed by atoms with Crippen LogP contribution in [0.25, 0.3) is 0 Å². The quantitative estimate of drug-likeness (QED) is 0.599. The Balaban J connectivity index is 2.81. The van der Waals surface area contributed by atoms with E-state index in [-0.39, 0.29) is 24.2 Å². The SMILES string of the molecule is [NH3+]CCC[C@H]([NH3+])C[NH2+]Cc1cc(C(F)(F)F)cc(C(F)(F)F)c1. The molecule has 0 heterocycles. The minimum Gasteiger partial charge on any atom is -0.358 e. The molecule has 0 amide bonds. The Bertz CT molecular complexity index is 466. The van der Waals surface area contributed by atoms with E-state index in [0.717, 1.165) is 31.5 Å². The van der Waals surface area contributed by atoms with Gasteiger partial charge in [0.15, 0.2) is 0 Å². The van der Waals surface area contributed by atoms with E-state index in [1.807, 2.05) is 0 Å². The molecule has 132 valence electrons. The van der Waals surface area contributed by atoms with Crippen molar-refractivity contribution in [1.29, 1.82) is 0 Å². The van der Waals surface area contributed by atoms with Crippen molar-refractivity contribution in [3.8, 4) is 0 Å². The third-order valence-electron chi connectivity index (χ3n) is 3.39. The van der Waals surface area contributed by atoms with Gasteiger partial charge in [0.25, 0.3) is 0 Å². The van der Waals surface area contributed by atoms with Crippen LogP contribution in [0.4, 0.5) is 26.3 Å². The van der Waals surface area contributed by atoms with Crippen molar-refractivity contribution < 1.29 is 43.1 Å². The monoisotopic (exact) mass is 346 g/mol. The zero-order chi connectivity index (χ0) is 17.7. The molecule has 0 unspecified atom stereocenters. The molecule has 0 aliphatic heterocycles. The number of nitrogens with two attached hydrogens (primary N) is 1. The minimum atomic E-state index is -4.81. The predicted molar refractivity (Wildman–Crippen MR) is 70.6 cm³/mol. The Kier molecular flexibility index (Phi) is 6.84. The van der Waals surface area contributed by atoms with E-state index in [4.69, 9.17) is 0 Å². The van der Waals surface area contributed by atoms with E-state index < -0.39 is 23.5 Å². The van der Waals surface area contributed by atoms with Gasteiger partial charge in [-0.15, -0.1) is 0 Å². The van der Waals surface area contributed by atoms with Crippen LogP contribution >= 0.6 is 0 Å². The smallest absolute Gasteiger partial charge is 0.358 e. The number of alkyl halides is 6. The zero-order valence-corrected chi connectivity index (χ0v) is 12.6. The summed E-state index contributed by atoms with van der Waals surface area (Å²) in [5.41, 5.74) is 5.04. The lowest BCUT2D eigenvalue weighted by atomic mass is 10.0. The lowest BCUT2D eigenvalue weighted by Crippen LogP contribution is -2.89. The second kappa shape index (κ2) is 7.98. The first kappa shape index (κ1) is 19.7. The van der Waals surface area contributed by atoms with Crippen LogP contribution in [0.15, 0.2) is 18.2 Å². The van der Waals surface area contributed by atoms with Crippen LogP contribution < -0.4 is 16.8 Å². The fourth-order valence-electron chi connectivity index (χ4n) is 2.17. The maximum atomic E-state index is 12.7. The molecule has 1 aromatic carbocycles. The highest BCUT2D eigenvalue weighted by atomic mass is 19.4. The number of benzene rings is 1. The van der Waals surface area contributed by atoms with Crippen LogP contribution in [-0.2, 0) is 18.9 Å². The van der Waals surface area contributed by atoms with Crippen molar-refractivity contribution in [3.63, 3.8) is 0 Å². The number of hydrogen-bond donors (Lipinski definition) is 3. The van der Waals surface area contributed by atoms with Crippen LogP contribution in [0.1, 0.15) is 29.5 Å². The minimum absolute atomic E-state index is 0.00323. The largest absolute Gasteiger partial charge is 0.416 e. The molecule has 9 heteroatoms. The Hall–Kier alpha value is -1.32. The normalized spacial score (nSPS) is 14.1. The summed E-state index contributed by atoms with van der Waals surface area (Å²) in [5, 5.41) is 1.68. The zero-order valence-electron chi connectivity index (χ0n) is 12.6. The molecule has 0 saturated carbocycles. The summed E-state index contributed by atoms with van der Waals surface area (Å²) in [5.74, 6) is 0. The molecular weight excluding hydrogens is 324 g/mol. The standard InChI is InChI=1S/C14H19F6N3/c15-13(16,17)10-4-9(5-11(6-10)14(18,19)20)7-23-8-12(22)2-1-3-21/h4-6,12,23H,1-3,7-8,21-22H2/p+3/t12-/m0/s1. The van der Waals surface area contributed by atoms with Crippen molar-refractivity contribution in [1.82, 2.24) is 0 Å². The Morgan fingerprint density at radius 2 is 1.48 bits per heavy atom. The van der Waals surface area contributed by atoms with Gasteiger partial charge in [-0.2, -0.15) is 26.3 Å². The summed E-state index contributed by atoms with van der Waals surface area (Å²) >= 11 is 0. The van der Waals surface area contributed by atoms with Gasteiger partial charge in [0, 0.05) is 18.4 Å². The molecule has 0 aromatic heterocycles. The first-order valence-corrected chi connectivity index (χ1v) is 7.26. The molecule has 0 aliphatic carbocycles. The molecule has 1 aromatic rings. The molecule has 1 rings (SSSR count). The Morgan fingerprint density at radius 1 is 0.957 bits per heavy atom. The van der Waals surface area contributed by atoms with Crippen molar-refractivity contribution in [2.75, 3.05) is 13.1 Å². The molecule has 0 fully saturated rings. The summed E-state index contributed by atoms with van der Waals surface area (Å²) < 4.78 is 76.4. The third kappa shape index (κ3) is 6.76. The van der Waals surface area contributed by atoms with Gasteiger partial charge in [-0.05, 0) is 18.2 Å². The highest BCUT2D eigenvalue weighted by Gasteiger charge is 2.36. The van der Waals surface area contributed by atoms with Gasteiger partial charge in [0.1, 0.15) is 19.1 Å². The first-order valence-electron chi connectivity index (χ1n) is 7.26. The predicted octanol–water partition coefficient (Wildman–Crippen LogP) is 0.420. The van der Waals surface area contributed by atoms with Crippen LogP contribution in [0, 0.1) is 0 Å². The topological polar surface area (TPSA) is 71.9 Å². The summed E-state index contributed by atoms with van der Waals surface area (Å²) in [7, 11) is 0. The van der Waals surface area contributed by atoms with Crippen LogP contribution in [0.5, 0.6) is 0 Å². The lowest BCUT2D eigenvalue weighted by Gasteiger charge is -2.14. The highest BCUT2D eigenvalue weighted by Crippen LogP contribution is 2.36. The van der Waals surface area contributed by atoms with Gasteiger partial charge >= 0.3 is 12.4 Å². The van der Waals surface area contributed by atoms with Crippen LogP contribution in [0.3, 0.4) is 0 Å². The molecule has 0 bridgehead atoms. The van der Waals surface area contributed by atoms with Gasteiger partial charge in [0.05, 0.1) is 17.7 Å². The molecular formula is C14H22F6N3+3. The van der Waals surface area contributed by atoms with Gasteiger partial charge in [0.2, 0.25) is 0 Å². The Labute approximate surface area is 130 Å². The molecule has 0 saturated heterocycles. The lowest BCUT2D eigenvalue weighted by molar-refractivity contribution is -0.694.